The van der Waals surface area contributed by atoms with E-state index >= 15 is 0 Å². The molecule has 32 heavy (non-hydrogen) atoms. The van der Waals surface area contributed by atoms with Crippen LogP contribution < -0.4 is 24.2 Å². The van der Waals surface area contributed by atoms with Crippen LogP contribution in [0.4, 0.5) is 0 Å². The van der Waals surface area contributed by atoms with Gasteiger partial charge in [-0.2, -0.15) is 0 Å². The molecule has 4 rings (SSSR count). The molecule has 2 aliphatic rings. The van der Waals surface area contributed by atoms with Crippen LogP contribution in [0.25, 0.3) is 0 Å². The third kappa shape index (κ3) is 4.83. The number of methoxy groups -OCH3 is 1. The van der Waals surface area contributed by atoms with Gasteiger partial charge in [-0.3, -0.25) is 4.79 Å². The van der Waals surface area contributed by atoms with Crippen LogP contribution in [0.3, 0.4) is 0 Å². The van der Waals surface area contributed by atoms with Gasteiger partial charge in [0.15, 0.2) is 0 Å². The van der Waals surface area contributed by atoms with Gasteiger partial charge in [-0.1, -0.05) is 0 Å². The fourth-order valence-electron chi connectivity index (χ4n) is 3.70. The Morgan fingerprint density at radius 2 is 1.97 bits per heavy atom. The van der Waals surface area contributed by atoms with Crippen molar-refractivity contribution < 1.29 is 27.4 Å². The molecule has 0 spiro atoms. The van der Waals surface area contributed by atoms with Crippen LogP contribution in [0.1, 0.15) is 48.2 Å². The second-order valence-corrected chi connectivity index (χ2v) is 9.76. The van der Waals surface area contributed by atoms with E-state index < -0.39 is 15.9 Å². The van der Waals surface area contributed by atoms with Crippen LogP contribution in [0.15, 0.2) is 35.2 Å². The molecule has 8 nitrogen and oxygen atoms in total. The first-order valence-electron chi connectivity index (χ1n) is 10.7. The van der Waals surface area contributed by atoms with Gasteiger partial charge >= 0.3 is 0 Å². The monoisotopic (exact) mass is 460 g/mol. The van der Waals surface area contributed by atoms with Crippen molar-refractivity contribution in [3.8, 4) is 17.2 Å². The average molecular weight is 461 g/mol. The van der Waals surface area contributed by atoms with Crippen molar-refractivity contribution in [3.05, 3.63) is 47.0 Å². The van der Waals surface area contributed by atoms with Gasteiger partial charge in [0.2, 0.25) is 10.0 Å². The Bertz CT molecular complexity index is 1130. The molecule has 9 heteroatoms. The van der Waals surface area contributed by atoms with Crippen LogP contribution in [0, 0.1) is 0 Å². The second kappa shape index (κ2) is 8.99. The fraction of sp³-hybridized carbons (Fsp3) is 0.435. The molecular weight excluding hydrogens is 432 g/mol. The number of carbonyl (C=O) groups excluding carboxylic acids is 1. The lowest BCUT2D eigenvalue weighted by Gasteiger charge is -2.14. The average Bonchev–Trinajstić information content (AvgIpc) is 3.49. The van der Waals surface area contributed by atoms with Gasteiger partial charge < -0.3 is 19.5 Å². The van der Waals surface area contributed by atoms with Gasteiger partial charge in [0.1, 0.15) is 28.2 Å². The molecule has 2 aromatic rings. The molecule has 0 bridgehead atoms. The fourth-order valence-corrected chi connectivity index (χ4v) is 5.20. The van der Waals surface area contributed by atoms with E-state index in [9.17, 15) is 13.2 Å². The number of sulfonamides is 1. The highest BCUT2D eigenvalue weighted by Crippen LogP contribution is 2.35. The Balaban J connectivity index is 1.53. The number of fused-ring (bicyclic) bond motifs is 1. The Kier molecular flexibility index (Phi) is 6.30. The molecule has 2 N–H and O–H groups in total. The van der Waals surface area contributed by atoms with Crippen LogP contribution >= 0.6 is 0 Å². The predicted molar refractivity (Wildman–Crippen MR) is 119 cm³/mol. The molecule has 1 fully saturated rings. The van der Waals surface area contributed by atoms with Gasteiger partial charge in [0.25, 0.3) is 5.91 Å². The third-order valence-corrected chi connectivity index (χ3v) is 6.97. The van der Waals surface area contributed by atoms with Crippen molar-refractivity contribution in [3.63, 3.8) is 0 Å². The van der Waals surface area contributed by atoms with Gasteiger partial charge in [-0.05, 0) is 57.0 Å². The minimum absolute atomic E-state index is 0.0468. The van der Waals surface area contributed by atoms with E-state index in [2.05, 4.69) is 10.0 Å². The molecule has 1 amide bonds. The summed E-state index contributed by atoms with van der Waals surface area (Å²) in [5.74, 6) is 1.30. The number of ether oxygens (including phenoxy) is 3. The minimum Gasteiger partial charge on any atom is -0.495 e. The molecule has 1 heterocycles. The zero-order valence-electron chi connectivity index (χ0n) is 18.4. The summed E-state index contributed by atoms with van der Waals surface area (Å²) in [4.78, 5) is 12.8. The molecule has 0 aromatic heterocycles. The summed E-state index contributed by atoms with van der Waals surface area (Å²) >= 11 is 0. The van der Waals surface area contributed by atoms with E-state index in [0.717, 1.165) is 36.1 Å². The van der Waals surface area contributed by atoms with E-state index in [0.29, 0.717) is 12.4 Å². The quantitative estimate of drug-likeness (QED) is 0.597. The highest BCUT2D eigenvalue weighted by molar-refractivity contribution is 7.89. The number of carbonyl (C=O) groups is 1. The Hall–Kier alpha value is -2.78. The van der Waals surface area contributed by atoms with Crippen LogP contribution in [-0.4, -0.2) is 40.2 Å². The summed E-state index contributed by atoms with van der Waals surface area (Å²) in [6.07, 6.45) is 2.55. The van der Waals surface area contributed by atoms with Gasteiger partial charge in [-0.25, -0.2) is 13.1 Å². The lowest BCUT2D eigenvalue weighted by atomic mass is 10.1. The summed E-state index contributed by atoms with van der Waals surface area (Å²) in [6, 6.07) is 8.19. The molecule has 2 aromatic carbocycles. The first-order valence-corrected chi connectivity index (χ1v) is 12.2. The molecule has 0 radical (unpaired) electrons. The van der Waals surface area contributed by atoms with E-state index in [-0.39, 0.29) is 34.9 Å². The molecule has 0 saturated heterocycles. The van der Waals surface area contributed by atoms with Crippen molar-refractivity contribution in [1.82, 2.24) is 10.0 Å². The molecule has 1 saturated carbocycles. The summed E-state index contributed by atoms with van der Waals surface area (Å²) in [7, 11) is -2.38. The lowest BCUT2D eigenvalue weighted by molar-refractivity contribution is 0.0950. The number of rotatable bonds is 9. The smallest absolute Gasteiger partial charge is 0.251 e. The van der Waals surface area contributed by atoms with Gasteiger partial charge in [0.05, 0.1) is 13.7 Å². The van der Waals surface area contributed by atoms with Crippen molar-refractivity contribution in [2.75, 3.05) is 13.7 Å². The standard InChI is InChI=1S/C23H28N2O6S/c1-4-30-20-10-16-9-14(2)31-21(16)11-17(20)13-24-23(26)15-5-8-19(29-3)22(12-15)32(27,28)25-18-6-7-18/h5,8,10-12,14,18,25H,4,6-7,9,13H2,1-3H3,(H,24,26). The zero-order valence-corrected chi connectivity index (χ0v) is 19.3. The third-order valence-electron chi connectivity index (χ3n) is 5.43. The summed E-state index contributed by atoms with van der Waals surface area (Å²) in [5.41, 5.74) is 2.11. The van der Waals surface area contributed by atoms with Crippen LogP contribution in [0.5, 0.6) is 17.2 Å². The maximum absolute atomic E-state index is 12.8. The van der Waals surface area contributed by atoms with Crippen molar-refractivity contribution in [2.24, 2.45) is 0 Å². The summed E-state index contributed by atoms with van der Waals surface area (Å²) < 4.78 is 44.9. The highest BCUT2D eigenvalue weighted by Gasteiger charge is 2.30. The minimum atomic E-state index is -3.78. The summed E-state index contributed by atoms with van der Waals surface area (Å²) in [6.45, 7) is 4.64. The van der Waals surface area contributed by atoms with Crippen molar-refractivity contribution in [1.29, 1.82) is 0 Å². The van der Waals surface area contributed by atoms with Crippen molar-refractivity contribution >= 4 is 15.9 Å². The first kappa shape index (κ1) is 22.4. The van der Waals surface area contributed by atoms with E-state index in [1.807, 2.05) is 26.0 Å². The molecule has 1 aliphatic carbocycles. The Morgan fingerprint density at radius 3 is 2.66 bits per heavy atom. The van der Waals surface area contributed by atoms with E-state index in [1.54, 1.807) is 6.07 Å². The van der Waals surface area contributed by atoms with Gasteiger partial charge in [0, 0.05) is 35.7 Å². The number of benzene rings is 2. The SMILES string of the molecule is CCOc1cc2c(cc1CNC(=O)c1ccc(OC)c(S(=O)(=O)NC3CC3)c1)OC(C)C2. The predicted octanol–water partition coefficient (Wildman–Crippen LogP) is 2.79. The highest BCUT2D eigenvalue weighted by atomic mass is 32.2. The number of amides is 1. The van der Waals surface area contributed by atoms with Crippen molar-refractivity contribution in [2.45, 2.75) is 56.7 Å². The molecular formula is C23H28N2O6S. The van der Waals surface area contributed by atoms with Crippen LogP contribution in [0.2, 0.25) is 0 Å². The Labute approximate surface area is 188 Å². The number of hydrogen-bond donors (Lipinski definition) is 2. The number of nitrogens with one attached hydrogen (secondary N) is 2. The van der Waals surface area contributed by atoms with E-state index in [4.69, 9.17) is 14.2 Å². The maximum Gasteiger partial charge on any atom is 0.251 e. The summed E-state index contributed by atoms with van der Waals surface area (Å²) in [5, 5.41) is 2.86. The molecule has 1 unspecified atom stereocenters. The molecule has 1 aliphatic heterocycles. The maximum atomic E-state index is 12.8. The van der Waals surface area contributed by atoms with Crippen LogP contribution in [-0.2, 0) is 23.0 Å². The molecule has 1 atom stereocenters. The largest absolute Gasteiger partial charge is 0.495 e. The number of hydrogen-bond acceptors (Lipinski definition) is 6. The van der Waals surface area contributed by atoms with E-state index in [1.165, 1.54) is 19.2 Å². The lowest BCUT2D eigenvalue weighted by Crippen LogP contribution is -2.27. The Morgan fingerprint density at radius 1 is 1.19 bits per heavy atom. The molecule has 172 valence electrons. The normalized spacial score (nSPS) is 17.4. The van der Waals surface area contributed by atoms with Gasteiger partial charge in [-0.15, -0.1) is 0 Å². The zero-order chi connectivity index (χ0) is 22.9. The topological polar surface area (TPSA) is 103 Å². The first-order chi connectivity index (χ1) is 15.3. The second-order valence-electron chi connectivity index (χ2n) is 8.08.